The summed E-state index contributed by atoms with van der Waals surface area (Å²) in [6.07, 6.45) is 3.44. The fraction of sp³-hybridized carbons (Fsp3) is 0.611. The number of carbonyl (C=O) groups is 1. The molecule has 0 radical (unpaired) electrons. The van der Waals surface area contributed by atoms with Crippen molar-refractivity contribution in [1.82, 2.24) is 9.80 Å². The van der Waals surface area contributed by atoms with Gasteiger partial charge < -0.3 is 10.0 Å². The molecule has 0 unspecified atom stereocenters. The molecular formula is C18H22F2N2O2. The van der Waals surface area contributed by atoms with E-state index in [1.165, 1.54) is 18.9 Å². The Balaban J connectivity index is 1.45. The van der Waals surface area contributed by atoms with Crippen molar-refractivity contribution in [3.8, 4) is 0 Å². The first-order valence-corrected chi connectivity index (χ1v) is 8.61. The van der Waals surface area contributed by atoms with E-state index in [-0.39, 0.29) is 29.5 Å². The molecule has 1 amide bonds. The Bertz CT molecular complexity index is 656. The Morgan fingerprint density at radius 1 is 1.21 bits per heavy atom. The summed E-state index contributed by atoms with van der Waals surface area (Å²) in [7, 11) is 0. The van der Waals surface area contributed by atoms with Crippen LogP contribution in [-0.2, 0) is 0 Å². The van der Waals surface area contributed by atoms with Crippen LogP contribution in [0.4, 0.5) is 8.78 Å². The van der Waals surface area contributed by atoms with Crippen LogP contribution in [-0.4, -0.2) is 59.1 Å². The van der Waals surface area contributed by atoms with Gasteiger partial charge in [0.25, 0.3) is 5.91 Å². The van der Waals surface area contributed by atoms with Crippen molar-refractivity contribution in [1.29, 1.82) is 0 Å². The van der Waals surface area contributed by atoms with Crippen molar-refractivity contribution in [2.45, 2.75) is 24.8 Å². The van der Waals surface area contributed by atoms with Crippen molar-refractivity contribution in [3.63, 3.8) is 0 Å². The summed E-state index contributed by atoms with van der Waals surface area (Å²) in [5, 5.41) is 9.51. The van der Waals surface area contributed by atoms with Crippen LogP contribution in [0.15, 0.2) is 18.2 Å². The number of halogens is 2. The van der Waals surface area contributed by atoms with E-state index < -0.39 is 11.6 Å². The SMILES string of the molecule is O=C(c1ccc(F)c(F)c1)N1CC2(C[C@H](CO)CN2CC2CC2)C1. The molecule has 0 aromatic heterocycles. The number of nitrogens with zero attached hydrogens (tertiary/aromatic N) is 2. The maximum Gasteiger partial charge on any atom is 0.254 e. The second-order valence-corrected chi connectivity index (χ2v) is 7.62. The Morgan fingerprint density at radius 2 is 1.96 bits per heavy atom. The molecule has 1 aromatic rings. The average Bonchev–Trinajstić information content (AvgIpc) is 3.26. The Labute approximate surface area is 140 Å². The molecule has 1 spiro atoms. The van der Waals surface area contributed by atoms with Gasteiger partial charge in [0.1, 0.15) is 0 Å². The van der Waals surface area contributed by atoms with Crippen LogP contribution in [0.3, 0.4) is 0 Å². The van der Waals surface area contributed by atoms with Gasteiger partial charge >= 0.3 is 0 Å². The number of carbonyl (C=O) groups excluding carboxylic acids is 1. The van der Waals surface area contributed by atoms with Gasteiger partial charge in [-0.15, -0.1) is 0 Å². The molecule has 24 heavy (non-hydrogen) atoms. The Kier molecular flexibility index (Phi) is 3.84. The maximum absolute atomic E-state index is 13.3. The van der Waals surface area contributed by atoms with Gasteiger partial charge in [0.15, 0.2) is 11.6 Å². The highest BCUT2D eigenvalue weighted by atomic mass is 19.2. The van der Waals surface area contributed by atoms with Gasteiger partial charge in [-0.2, -0.15) is 0 Å². The molecule has 2 heterocycles. The summed E-state index contributed by atoms with van der Waals surface area (Å²) in [6.45, 7) is 3.33. The van der Waals surface area contributed by atoms with Crippen molar-refractivity contribution in [2.75, 3.05) is 32.8 Å². The third-order valence-corrected chi connectivity index (χ3v) is 5.68. The lowest BCUT2D eigenvalue weighted by Gasteiger charge is -2.53. The van der Waals surface area contributed by atoms with Crippen LogP contribution in [0.25, 0.3) is 0 Å². The lowest BCUT2D eigenvalue weighted by Crippen LogP contribution is -2.69. The van der Waals surface area contributed by atoms with Gasteiger partial charge in [0, 0.05) is 38.3 Å². The Morgan fingerprint density at radius 3 is 2.58 bits per heavy atom. The summed E-state index contributed by atoms with van der Waals surface area (Å²) in [6, 6.07) is 3.30. The van der Waals surface area contributed by atoms with E-state index >= 15 is 0 Å². The number of rotatable bonds is 4. The first-order chi connectivity index (χ1) is 11.5. The van der Waals surface area contributed by atoms with E-state index in [9.17, 15) is 18.7 Å². The minimum atomic E-state index is -0.993. The summed E-state index contributed by atoms with van der Waals surface area (Å²) in [4.78, 5) is 16.6. The third-order valence-electron chi connectivity index (χ3n) is 5.68. The van der Waals surface area contributed by atoms with Crippen molar-refractivity contribution >= 4 is 5.91 Å². The largest absolute Gasteiger partial charge is 0.396 e. The molecule has 3 aliphatic rings. The van der Waals surface area contributed by atoms with E-state index in [1.807, 2.05) is 0 Å². The second-order valence-electron chi connectivity index (χ2n) is 7.62. The van der Waals surface area contributed by atoms with Crippen LogP contribution < -0.4 is 0 Å². The number of hydrogen-bond acceptors (Lipinski definition) is 3. The number of amides is 1. The van der Waals surface area contributed by atoms with Crippen LogP contribution in [0, 0.1) is 23.5 Å². The molecule has 1 atom stereocenters. The summed E-state index contributed by atoms with van der Waals surface area (Å²) in [5.41, 5.74) is 0.152. The molecule has 130 valence electrons. The van der Waals surface area contributed by atoms with Crippen LogP contribution in [0.2, 0.25) is 0 Å². The minimum absolute atomic E-state index is 0.0375. The molecule has 2 saturated heterocycles. The van der Waals surface area contributed by atoms with Crippen LogP contribution in [0.1, 0.15) is 29.6 Å². The summed E-state index contributed by atoms with van der Waals surface area (Å²) < 4.78 is 26.4. The summed E-state index contributed by atoms with van der Waals surface area (Å²) >= 11 is 0. The van der Waals surface area contributed by atoms with Crippen molar-refractivity contribution < 1.29 is 18.7 Å². The highest BCUT2D eigenvalue weighted by Gasteiger charge is 2.55. The van der Waals surface area contributed by atoms with E-state index in [1.54, 1.807) is 4.90 Å². The highest BCUT2D eigenvalue weighted by molar-refractivity contribution is 5.95. The van der Waals surface area contributed by atoms with Crippen LogP contribution >= 0.6 is 0 Å². The van der Waals surface area contributed by atoms with E-state index in [2.05, 4.69) is 4.90 Å². The van der Waals surface area contributed by atoms with E-state index in [0.29, 0.717) is 13.1 Å². The van der Waals surface area contributed by atoms with E-state index in [4.69, 9.17) is 0 Å². The molecule has 4 rings (SSSR count). The quantitative estimate of drug-likeness (QED) is 0.913. The monoisotopic (exact) mass is 336 g/mol. The zero-order valence-corrected chi connectivity index (χ0v) is 13.5. The summed E-state index contributed by atoms with van der Waals surface area (Å²) in [5.74, 6) is -1.16. The Hall–Kier alpha value is -1.53. The number of likely N-dealkylation sites (tertiary alicyclic amines) is 2. The minimum Gasteiger partial charge on any atom is -0.396 e. The molecule has 4 nitrogen and oxygen atoms in total. The fourth-order valence-corrected chi connectivity index (χ4v) is 4.19. The lowest BCUT2D eigenvalue weighted by molar-refractivity contribution is -0.0200. The van der Waals surface area contributed by atoms with Gasteiger partial charge in [-0.25, -0.2) is 8.78 Å². The van der Waals surface area contributed by atoms with Gasteiger partial charge in [-0.05, 0) is 49.3 Å². The molecule has 0 bridgehead atoms. The third kappa shape index (κ3) is 2.71. The zero-order chi connectivity index (χ0) is 16.9. The van der Waals surface area contributed by atoms with Gasteiger partial charge in [0.05, 0.1) is 5.54 Å². The smallest absolute Gasteiger partial charge is 0.254 e. The first kappa shape index (κ1) is 16.0. The lowest BCUT2D eigenvalue weighted by atomic mass is 9.84. The normalized spacial score (nSPS) is 26.0. The molecule has 2 aliphatic heterocycles. The molecule has 1 aromatic carbocycles. The van der Waals surface area contributed by atoms with Crippen molar-refractivity contribution in [3.05, 3.63) is 35.4 Å². The molecule has 1 aliphatic carbocycles. The fourth-order valence-electron chi connectivity index (χ4n) is 4.19. The van der Waals surface area contributed by atoms with Crippen molar-refractivity contribution in [2.24, 2.45) is 11.8 Å². The van der Waals surface area contributed by atoms with Gasteiger partial charge in [-0.1, -0.05) is 0 Å². The number of hydrogen-bond donors (Lipinski definition) is 1. The predicted octanol–water partition coefficient (Wildman–Crippen LogP) is 1.88. The van der Waals surface area contributed by atoms with Crippen LogP contribution in [0.5, 0.6) is 0 Å². The second kappa shape index (κ2) is 5.77. The molecule has 1 saturated carbocycles. The van der Waals surface area contributed by atoms with E-state index in [0.717, 1.165) is 37.6 Å². The predicted molar refractivity (Wildman–Crippen MR) is 84.5 cm³/mol. The number of aliphatic hydroxyl groups is 1. The molecule has 6 heteroatoms. The maximum atomic E-state index is 13.3. The molecular weight excluding hydrogens is 314 g/mol. The zero-order valence-electron chi connectivity index (χ0n) is 13.5. The first-order valence-electron chi connectivity index (χ1n) is 8.61. The number of aliphatic hydroxyl groups excluding tert-OH is 1. The standard InChI is InChI=1S/C18H22F2N2O2/c19-15-4-3-14(5-16(15)20)17(24)21-10-18(11-21)6-13(9-23)8-22(18)7-12-1-2-12/h3-5,12-13,23H,1-2,6-11H2/t13-/m0/s1. The highest BCUT2D eigenvalue weighted by Crippen LogP contribution is 2.43. The number of benzene rings is 1. The van der Waals surface area contributed by atoms with Gasteiger partial charge in [-0.3, -0.25) is 9.69 Å². The topological polar surface area (TPSA) is 43.8 Å². The average molecular weight is 336 g/mol. The molecule has 3 fully saturated rings. The molecule has 1 N–H and O–H groups in total. The van der Waals surface area contributed by atoms with Gasteiger partial charge in [0.2, 0.25) is 0 Å².